The maximum atomic E-state index is 12.7. The van der Waals surface area contributed by atoms with Gasteiger partial charge in [-0.25, -0.2) is 0 Å². The summed E-state index contributed by atoms with van der Waals surface area (Å²) in [6, 6.07) is 13.1. The Balaban J connectivity index is 1.57. The van der Waals surface area contributed by atoms with Gasteiger partial charge in [0.1, 0.15) is 11.5 Å². The molecule has 4 nitrogen and oxygen atoms in total. The van der Waals surface area contributed by atoms with E-state index in [1.807, 2.05) is 41.3 Å². The number of nitrogens with zero attached hydrogens (tertiary/aromatic N) is 1. The van der Waals surface area contributed by atoms with Crippen molar-refractivity contribution in [3.8, 4) is 5.75 Å². The fraction of sp³-hybridized carbons (Fsp3) is 0.364. The number of amides is 1. The fourth-order valence-electron chi connectivity index (χ4n) is 3.43. The third-order valence-corrected chi connectivity index (χ3v) is 5.69. The Morgan fingerprint density at radius 3 is 2.54 bits per heavy atom. The quantitative estimate of drug-likeness (QED) is 0.614. The Kier molecular flexibility index (Phi) is 6.97. The van der Waals surface area contributed by atoms with Crippen LogP contribution in [-0.4, -0.2) is 29.7 Å². The maximum absolute atomic E-state index is 12.7. The summed E-state index contributed by atoms with van der Waals surface area (Å²) in [6.07, 6.45) is 3.09. The lowest BCUT2D eigenvalue weighted by atomic mass is 10.0. The number of halogens is 2. The lowest BCUT2D eigenvalue weighted by molar-refractivity contribution is -0.134. The lowest BCUT2D eigenvalue weighted by Gasteiger charge is -2.25. The Morgan fingerprint density at radius 2 is 1.86 bits per heavy atom. The number of ketones is 1. The second kappa shape index (κ2) is 9.44. The number of benzene rings is 2. The third kappa shape index (κ3) is 5.27. The van der Waals surface area contributed by atoms with Gasteiger partial charge >= 0.3 is 0 Å². The van der Waals surface area contributed by atoms with Crippen molar-refractivity contribution in [3.63, 3.8) is 0 Å². The first-order chi connectivity index (χ1) is 13.4. The highest BCUT2D eigenvalue weighted by Crippen LogP contribution is 2.35. The van der Waals surface area contributed by atoms with Crippen molar-refractivity contribution in [2.45, 2.75) is 38.6 Å². The Hall–Kier alpha value is -2.04. The third-order valence-electron chi connectivity index (χ3n) is 4.95. The molecule has 3 rings (SSSR count). The molecule has 2 aromatic carbocycles. The molecule has 1 fully saturated rings. The molecule has 0 spiro atoms. The average molecular weight is 420 g/mol. The highest BCUT2D eigenvalue weighted by Gasteiger charge is 2.30. The van der Waals surface area contributed by atoms with E-state index in [0.717, 1.165) is 24.0 Å². The van der Waals surface area contributed by atoms with Gasteiger partial charge in [0.15, 0.2) is 6.61 Å². The van der Waals surface area contributed by atoms with E-state index < -0.39 is 0 Å². The van der Waals surface area contributed by atoms with Crippen molar-refractivity contribution in [3.05, 3.63) is 63.6 Å². The highest BCUT2D eigenvalue weighted by molar-refractivity contribution is 6.42. The molecule has 1 saturated heterocycles. The summed E-state index contributed by atoms with van der Waals surface area (Å²) in [4.78, 5) is 25.6. The van der Waals surface area contributed by atoms with E-state index in [9.17, 15) is 9.59 Å². The van der Waals surface area contributed by atoms with Crippen LogP contribution in [0.25, 0.3) is 0 Å². The van der Waals surface area contributed by atoms with Crippen LogP contribution in [0, 0.1) is 0 Å². The molecule has 6 heteroatoms. The maximum Gasteiger partial charge on any atom is 0.261 e. The summed E-state index contributed by atoms with van der Waals surface area (Å²) in [5, 5.41) is 1.01. The van der Waals surface area contributed by atoms with Crippen molar-refractivity contribution < 1.29 is 14.3 Å². The van der Waals surface area contributed by atoms with Gasteiger partial charge in [0.2, 0.25) is 0 Å². The monoisotopic (exact) mass is 419 g/mol. The SMILES string of the molecule is CC(=O)CCc1ccc(OCC(=O)N2CCCC2c2ccc(Cl)c(Cl)c2)cc1. The van der Waals surface area contributed by atoms with Crippen LogP contribution >= 0.6 is 23.2 Å². The molecule has 1 unspecified atom stereocenters. The molecular formula is C22H23Cl2NO3. The molecular weight excluding hydrogens is 397 g/mol. The number of rotatable bonds is 7. The van der Waals surface area contributed by atoms with E-state index in [1.54, 1.807) is 13.0 Å². The fourth-order valence-corrected chi connectivity index (χ4v) is 3.74. The molecule has 0 aliphatic carbocycles. The van der Waals surface area contributed by atoms with Gasteiger partial charge in [-0.1, -0.05) is 41.4 Å². The van der Waals surface area contributed by atoms with Gasteiger partial charge in [-0.05, 0) is 61.6 Å². The lowest BCUT2D eigenvalue weighted by Crippen LogP contribution is -2.34. The van der Waals surface area contributed by atoms with E-state index in [-0.39, 0.29) is 24.3 Å². The number of Topliss-reactive ketones (excluding diaryl/α,β-unsaturated/α-hetero) is 1. The second-order valence-electron chi connectivity index (χ2n) is 7.05. The number of carbonyl (C=O) groups excluding carboxylic acids is 2. The van der Waals surface area contributed by atoms with Gasteiger partial charge in [-0.3, -0.25) is 4.79 Å². The average Bonchev–Trinajstić information content (AvgIpc) is 3.17. The van der Waals surface area contributed by atoms with Crippen molar-refractivity contribution in [2.24, 2.45) is 0 Å². The van der Waals surface area contributed by atoms with Crippen LogP contribution in [0.3, 0.4) is 0 Å². The molecule has 1 aliphatic heterocycles. The van der Waals surface area contributed by atoms with Crippen LogP contribution in [0.4, 0.5) is 0 Å². The molecule has 1 amide bonds. The van der Waals surface area contributed by atoms with E-state index in [0.29, 0.717) is 35.2 Å². The number of aryl methyl sites for hydroxylation is 1. The molecule has 1 atom stereocenters. The summed E-state index contributed by atoms with van der Waals surface area (Å²) < 4.78 is 5.68. The smallest absolute Gasteiger partial charge is 0.261 e. The summed E-state index contributed by atoms with van der Waals surface area (Å²) in [7, 11) is 0. The summed E-state index contributed by atoms with van der Waals surface area (Å²) in [6.45, 7) is 2.29. The van der Waals surface area contributed by atoms with Crippen molar-refractivity contribution in [1.82, 2.24) is 4.90 Å². The zero-order valence-corrected chi connectivity index (χ0v) is 17.3. The van der Waals surface area contributed by atoms with Crippen LogP contribution in [0.2, 0.25) is 10.0 Å². The van der Waals surface area contributed by atoms with Gasteiger partial charge in [-0.15, -0.1) is 0 Å². The Bertz CT molecular complexity index is 851. The molecule has 28 heavy (non-hydrogen) atoms. The van der Waals surface area contributed by atoms with Crippen LogP contribution in [0.1, 0.15) is 43.4 Å². The minimum Gasteiger partial charge on any atom is -0.484 e. The van der Waals surface area contributed by atoms with Crippen LogP contribution < -0.4 is 4.74 Å². The number of likely N-dealkylation sites (tertiary alicyclic amines) is 1. The van der Waals surface area contributed by atoms with Gasteiger partial charge < -0.3 is 14.4 Å². The van der Waals surface area contributed by atoms with Gasteiger partial charge in [0.05, 0.1) is 16.1 Å². The van der Waals surface area contributed by atoms with Crippen molar-refractivity contribution in [1.29, 1.82) is 0 Å². The summed E-state index contributed by atoms with van der Waals surface area (Å²) in [5.74, 6) is 0.771. The predicted molar refractivity (Wildman–Crippen MR) is 111 cm³/mol. The number of carbonyl (C=O) groups is 2. The first kappa shape index (κ1) is 20.7. The zero-order chi connectivity index (χ0) is 20.1. The molecule has 1 heterocycles. The molecule has 148 valence electrons. The van der Waals surface area contributed by atoms with Gasteiger partial charge in [0.25, 0.3) is 5.91 Å². The van der Waals surface area contributed by atoms with E-state index in [4.69, 9.17) is 27.9 Å². The summed E-state index contributed by atoms with van der Waals surface area (Å²) in [5.41, 5.74) is 2.07. The molecule has 0 saturated carbocycles. The first-order valence-electron chi connectivity index (χ1n) is 9.39. The Labute approximate surface area is 175 Å². The second-order valence-corrected chi connectivity index (χ2v) is 7.87. The minimum atomic E-state index is -0.0470. The molecule has 0 bridgehead atoms. The molecule has 1 aliphatic rings. The van der Waals surface area contributed by atoms with Gasteiger partial charge in [0, 0.05) is 13.0 Å². The highest BCUT2D eigenvalue weighted by atomic mass is 35.5. The van der Waals surface area contributed by atoms with E-state index in [2.05, 4.69) is 0 Å². The van der Waals surface area contributed by atoms with Gasteiger partial charge in [-0.2, -0.15) is 0 Å². The molecule has 0 aromatic heterocycles. The van der Waals surface area contributed by atoms with Crippen LogP contribution in [-0.2, 0) is 16.0 Å². The number of ether oxygens (including phenoxy) is 1. The molecule has 0 radical (unpaired) electrons. The van der Waals surface area contributed by atoms with Crippen LogP contribution in [0.5, 0.6) is 5.75 Å². The topological polar surface area (TPSA) is 46.6 Å². The minimum absolute atomic E-state index is 0.000163. The van der Waals surface area contributed by atoms with Crippen LogP contribution in [0.15, 0.2) is 42.5 Å². The van der Waals surface area contributed by atoms with Crippen molar-refractivity contribution >= 4 is 34.9 Å². The zero-order valence-electron chi connectivity index (χ0n) is 15.8. The largest absolute Gasteiger partial charge is 0.484 e. The number of hydrogen-bond acceptors (Lipinski definition) is 3. The molecule has 0 N–H and O–H groups in total. The Morgan fingerprint density at radius 1 is 1.11 bits per heavy atom. The number of hydrogen-bond donors (Lipinski definition) is 0. The summed E-state index contributed by atoms with van der Waals surface area (Å²) >= 11 is 12.1. The molecule has 2 aromatic rings. The predicted octanol–water partition coefficient (Wildman–Crippen LogP) is 5.26. The standard InChI is InChI=1S/C22H23Cl2NO3/c1-15(26)4-5-16-6-9-18(10-7-16)28-14-22(27)25-12-2-3-21(25)17-8-11-19(23)20(24)13-17/h6-11,13,21H,2-5,12,14H2,1H3. The first-order valence-corrected chi connectivity index (χ1v) is 10.1. The van der Waals surface area contributed by atoms with E-state index in [1.165, 1.54) is 0 Å². The van der Waals surface area contributed by atoms with Crippen molar-refractivity contribution in [2.75, 3.05) is 13.2 Å². The normalized spacial score (nSPS) is 16.2. The van der Waals surface area contributed by atoms with E-state index >= 15 is 0 Å².